The third-order valence-corrected chi connectivity index (χ3v) is 15.7. The molecule has 0 aromatic carbocycles. The van der Waals surface area contributed by atoms with Crippen LogP contribution in [0.5, 0.6) is 0 Å². The number of hydrogen-bond donors (Lipinski definition) is 0. The molecule has 0 unspecified atom stereocenters. The Balaban J connectivity index is 4.07. The SMILES string of the molecule is CCCCCCCCCCCCCCCCSCC(CSCCCCCCCCCCCCCCCC)C(=O)OCCOCCOCCOCCOCCOCCSS(C)(=O)=O. The molecule has 0 aromatic heterocycles. The summed E-state index contributed by atoms with van der Waals surface area (Å²) in [7, 11) is -2.13. The fraction of sp³-hybridized carbons (Fsp3) is 0.980. The Hall–Kier alpha value is 0.270. The first kappa shape index (κ1) is 62.3. The van der Waals surface area contributed by atoms with E-state index in [4.69, 9.17) is 28.4 Å². The minimum atomic E-state index is -3.02. The van der Waals surface area contributed by atoms with Crippen LogP contribution in [0.4, 0.5) is 0 Å². The van der Waals surface area contributed by atoms with Crippen LogP contribution < -0.4 is 0 Å². The molecule has 9 nitrogen and oxygen atoms in total. The van der Waals surface area contributed by atoms with Gasteiger partial charge in [0.05, 0.1) is 72.0 Å². The van der Waals surface area contributed by atoms with Crippen LogP contribution in [0.2, 0.25) is 0 Å². The van der Waals surface area contributed by atoms with Crippen molar-refractivity contribution in [3.8, 4) is 0 Å². The Morgan fingerprint density at radius 3 is 0.968 bits per heavy atom. The first-order valence-electron chi connectivity index (χ1n) is 25.5. The van der Waals surface area contributed by atoms with Crippen LogP contribution in [0.15, 0.2) is 0 Å². The van der Waals surface area contributed by atoms with Gasteiger partial charge in [-0.05, 0) is 35.1 Å². The van der Waals surface area contributed by atoms with Crippen LogP contribution >= 0.6 is 34.3 Å². The molecular formula is C49H98O9S4. The molecule has 0 bridgehead atoms. The second kappa shape index (κ2) is 52.2. The molecule has 13 heteroatoms. The Kier molecular flexibility index (Phi) is 52.5. The van der Waals surface area contributed by atoms with E-state index in [9.17, 15) is 13.2 Å². The molecule has 62 heavy (non-hydrogen) atoms. The van der Waals surface area contributed by atoms with Crippen LogP contribution in [-0.2, 0) is 42.1 Å². The first-order chi connectivity index (χ1) is 30.4. The van der Waals surface area contributed by atoms with Crippen molar-refractivity contribution in [3.05, 3.63) is 0 Å². The Morgan fingerprint density at radius 1 is 0.387 bits per heavy atom. The van der Waals surface area contributed by atoms with Crippen molar-refractivity contribution in [2.24, 2.45) is 5.92 Å². The molecule has 0 rings (SSSR count). The molecule has 0 radical (unpaired) electrons. The van der Waals surface area contributed by atoms with E-state index in [0.29, 0.717) is 71.8 Å². The summed E-state index contributed by atoms with van der Waals surface area (Å²) in [5.74, 6) is 4.20. The average molecular weight is 960 g/mol. The van der Waals surface area contributed by atoms with Gasteiger partial charge in [-0.25, -0.2) is 8.42 Å². The van der Waals surface area contributed by atoms with Gasteiger partial charge in [0.2, 0.25) is 0 Å². The monoisotopic (exact) mass is 959 g/mol. The summed E-state index contributed by atoms with van der Waals surface area (Å²) in [4.78, 5) is 13.2. The number of thioether (sulfide) groups is 2. The van der Waals surface area contributed by atoms with E-state index in [0.717, 1.165) is 33.8 Å². The lowest BCUT2D eigenvalue weighted by molar-refractivity contribution is -0.148. The highest BCUT2D eigenvalue weighted by molar-refractivity contribution is 8.71. The van der Waals surface area contributed by atoms with Gasteiger partial charge < -0.3 is 28.4 Å². The maximum Gasteiger partial charge on any atom is 0.310 e. The van der Waals surface area contributed by atoms with Gasteiger partial charge in [-0.15, -0.1) is 0 Å². The van der Waals surface area contributed by atoms with Gasteiger partial charge in [-0.3, -0.25) is 4.79 Å². The zero-order chi connectivity index (χ0) is 45.1. The summed E-state index contributed by atoms with van der Waals surface area (Å²) >= 11 is 3.86. The van der Waals surface area contributed by atoms with Gasteiger partial charge in [0.1, 0.15) is 6.61 Å². The highest BCUT2D eigenvalue weighted by Crippen LogP contribution is 2.21. The second-order valence-electron chi connectivity index (χ2n) is 16.8. The summed E-state index contributed by atoms with van der Waals surface area (Å²) in [5, 5.41) is 0. The number of rotatable bonds is 54. The second-order valence-corrected chi connectivity index (χ2v) is 23.7. The molecule has 0 N–H and O–H groups in total. The molecule has 0 saturated heterocycles. The van der Waals surface area contributed by atoms with E-state index in [1.807, 2.05) is 23.5 Å². The summed E-state index contributed by atoms with van der Waals surface area (Å²) < 4.78 is 55.4. The van der Waals surface area contributed by atoms with E-state index in [2.05, 4.69) is 13.8 Å². The van der Waals surface area contributed by atoms with Gasteiger partial charge in [0.25, 0.3) is 0 Å². The Bertz CT molecular complexity index is 957. The van der Waals surface area contributed by atoms with Crippen LogP contribution in [-0.4, -0.2) is 122 Å². The van der Waals surface area contributed by atoms with Gasteiger partial charge in [0.15, 0.2) is 8.87 Å². The molecule has 0 spiro atoms. The number of hydrogen-bond acceptors (Lipinski definition) is 12. The quantitative estimate of drug-likeness (QED) is 0.0329. The van der Waals surface area contributed by atoms with Crippen molar-refractivity contribution in [1.29, 1.82) is 0 Å². The minimum Gasteiger partial charge on any atom is -0.463 e. The third-order valence-electron chi connectivity index (χ3n) is 10.7. The molecule has 0 aliphatic rings. The summed E-state index contributed by atoms with van der Waals surface area (Å²) in [5.41, 5.74) is 0. The Labute approximate surface area is 395 Å². The molecule has 0 saturated carbocycles. The molecule has 0 atom stereocenters. The lowest BCUT2D eigenvalue weighted by atomic mass is 10.0. The molecule has 0 amide bonds. The molecule has 372 valence electrons. The highest BCUT2D eigenvalue weighted by Gasteiger charge is 2.20. The van der Waals surface area contributed by atoms with E-state index in [1.165, 1.54) is 186 Å². The molecule has 0 heterocycles. The van der Waals surface area contributed by atoms with Crippen molar-refractivity contribution in [2.45, 2.75) is 194 Å². The van der Waals surface area contributed by atoms with Crippen molar-refractivity contribution >= 4 is 49.2 Å². The van der Waals surface area contributed by atoms with E-state index < -0.39 is 8.87 Å². The summed E-state index contributed by atoms with van der Waals surface area (Å²) in [6.07, 6.45) is 39.7. The highest BCUT2D eigenvalue weighted by atomic mass is 33.1. The van der Waals surface area contributed by atoms with Crippen LogP contribution in [0, 0.1) is 5.92 Å². The normalized spacial score (nSPS) is 11.9. The standard InChI is InChI=1S/C49H98O9S4/c1-4-6-8-10-12-14-16-18-20-22-24-26-28-30-43-59-46-48(47-60-44-31-29-27-25-23-21-19-17-15-13-11-9-7-5-2)49(50)58-41-40-56-37-36-54-33-32-53-34-35-55-38-39-57-42-45-61-62(3,51)52/h48H,4-47H2,1-3H3. The van der Waals surface area contributed by atoms with Gasteiger partial charge in [0, 0.05) is 23.5 Å². The number of ether oxygens (including phenoxy) is 6. The van der Waals surface area contributed by atoms with Gasteiger partial charge in [-0.1, -0.05) is 181 Å². The lowest BCUT2D eigenvalue weighted by Crippen LogP contribution is -2.24. The average Bonchev–Trinajstić information content (AvgIpc) is 3.25. The largest absolute Gasteiger partial charge is 0.463 e. The fourth-order valence-electron chi connectivity index (χ4n) is 6.98. The maximum absolute atomic E-state index is 13.2. The van der Waals surface area contributed by atoms with E-state index in [-0.39, 0.29) is 18.5 Å². The minimum absolute atomic E-state index is 0.0664. The third kappa shape index (κ3) is 52.9. The number of carbonyl (C=O) groups is 1. The summed E-state index contributed by atoms with van der Waals surface area (Å²) in [6, 6.07) is 0. The van der Waals surface area contributed by atoms with Crippen molar-refractivity contribution < 1.29 is 41.6 Å². The first-order valence-corrected chi connectivity index (χ1v) is 31.2. The van der Waals surface area contributed by atoms with Crippen LogP contribution in [0.3, 0.4) is 0 Å². The maximum atomic E-state index is 13.2. The number of carbonyl (C=O) groups excluding carboxylic acids is 1. The predicted octanol–water partition coefficient (Wildman–Crippen LogP) is 13.4. The Morgan fingerprint density at radius 2 is 0.661 bits per heavy atom. The smallest absolute Gasteiger partial charge is 0.310 e. The molecular weight excluding hydrogens is 861 g/mol. The lowest BCUT2D eigenvalue weighted by Gasteiger charge is -2.16. The van der Waals surface area contributed by atoms with Crippen LogP contribution in [0.25, 0.3) is 0 Å². The zero-order valence-corrected chi connectivity index (χ0v) is 43.8. The molecule has 0 aliphatic carbocycles. The van der Waals surface area contributed by atoms with Crippen LogP contribution in [0.1, 0.15) is 194 Å². The van der Waals surface area contributed by atoms with Crippen molar-refractivity contribution in [1.82, 2.24) is 0 Å². The van der Waals surface area contributed by atoms with Gasteiger partial charge >= 0.3 is 5.97 Å². The molecule has 0 fully saturated rings. The van der Waals surface area contributed by atoms with Gasteiger partial charge in [-0.2, -0.15) is 23.5 Å². The van der Waals surface area contributed by atoms with Crippen molar-refractivity contribution in [2.75, 3.05) is 108 Å². The van der Waals surface area contributed by atoms with E-state index in [1.54, 1.807) is 0 Å². The molecule has 0 aliphatic heterocycles. The van der Waals surface area contributed by atoms with Crippen molar-refractivity contribution in [3.63, 3.8) is 0 Å². The zero-order valence-electron chi connectivity index (χ0n) is 40.5. The molecule has 0 aromatic rings. The van der Waals surface area contributed by atoms with E-state index >= 15 is 0 Å². The topological polar surface area (TPSA) is 107 Å². The number of esters is 1. The summed E-state index contributed by atoms with van der Waals surface area (Å²) in [6.45, 7) is 9.21. The fourth-order valence-corrected chi connectivity index (χ4v) is 11.0. The predicted molar refractivity (Wildman–Crippen MR) is 271 cm³/mol. The number of unbranched alkanes of at least 4 members (excludes halogenated alkanes) is 26.